The van der Waals surface area contributed by atoms with Gasteiger partial charge >= 0.3 is 5.20 Å². The summed E-state index contributed by atoms with van der Waals surface area (Å²) < 4.78 is 9.51. The van der Waals surface area contributed by atoms with Crippen LogP contribution in [-0.4, -0.2) is 7.05 Å². The molecule has 0 aliphatic rings. The smallest absolute Gasteiger partial charge is 0.333 e. The Kier molecular flexibility index (Phi) is 8.13. The molecule has 46 valence electrons. The Morgan fingerprint density at radius 2 is 1.29 bits per heavy atom. The van der Waals surface area contributed by atoms with Crippen molar-refractivity contribution in [3.63, 3.8) is 0 Å². The minimum atomic E-state index is -3.22. The summed E-state index contributed by atoms with van der Waals surface area (Å²) in [7, 11) is 1.50. The third-order valence-corrected chi connectivity index (χ3v) is 0. The van der Waals surface area contributed by atoms with Gasteiger partial charge in [0.25, 0.3) is 0 Å². The summed E-state index contributed by atoms with van der Waals surface area (Å²) in [6.07, 6.45) is 0. The zero-order valence-electron chi connectivity index (χ0n) is 3.57. The van der Waals surface area contributed by atoms with Crippen LogP contribution in [0.1, 0.15) is 0 Å². The van der Waals surface area contributed by atoms with Crippen molar-refractivity contribution >= 4 is 38.9 Å². The topological polar surface area (TPSA) is 43.1 Å². The number of hydrogen-bond donors (Lipinski definition) is 1. The second-order valence-electron chi connectivity index (χ2n) is 0.399. The van der Waals surface area contributed by atoms with E-state index in [9.17, 15) is 4.57 Å². The highest BCUT2D eigenvalue weighted by molar-refractivity contribution is 8.24. The minimum absolute atomic E-state index is 1.50. The first-order valence-corrected chi connectivity index (χ1v) is 5.69. The van der Waals surface area contributed by atoms with Gasteiger partial charge in [-0.2, -0.15) is 0 Å². The van der Waals surface area contributed by atoms with Gasteiger partial charge in [0, 0.05) is 0 Å². The van der Waals surface area contributed by atoms with Crippen molar-refractivity contribution in [1.82, 2.24) is 0 Å². The highest BCUT2D eigenvalue weighted by atomic mass is 36.0. The highest BCUT2D eigenvalue weighted by Gasteiger charge is 2.02. The molecule has 0 heterocycles. The fourth-order valence-corrected chi connectivity index (χ4v) is 0. The van der Waals surface area contributed by atoms with Crippen LogP contribution in [0.5, 0.6) is 0 Å². The molecule has 0 saturated carbocycles. The highest BCUT2D eigenvalue weighted by Crippen LogP contribution is 2.61. The molecule has 0 aliphatic heterocycles. The molecule has 7 heavy (non-hydrogen) atoms. The van der Waals surface area contributed by atoms with Crippen LogP contribution in [0.2, 0.25) is 0 Å². The normalized spacial score (nSPS) is 9.29. The van der Waals surface area contributed by atoms with Crippen LogP contribution >= 0.6 is 38.9 Å². The quantitative estimate of drug-likeness (QED) is 0.587. The number of hydrogen-bond acceptors (Lipinski definition) is 2. The Balaban J connectivity index is 0. The molecule has 0 amide bonds. The van der Waals surface area contributed by atoms with E-state index < -0.39 is 5.20 Å². The van der Waals surface area contributed by atoms with Gasteiger partial charge in [-0.05, 0) is 40.8 Å². The average Bonchev–Trinajstić information content (AvgIpc) is 1.36. The van der Waals surface area contributed by atoms with Crippen LogP contribution < -0.4 is 5.73 Å². The Hall–Kier alpha value is 1.06. The van der Waals surface area contributed by atoms with E-state index in [0.717, 1.165) is 0 Å². The van der Waals surface area contributed by atoms with E-state index in [1.54, 1.807) is 0 Å². The molecule has 0 saturated heterocycles. The zero-order chi connectivity index (χ0) is 6.50. The van der Waals surface area contributed by atoms with Gasteiger partial charge in [0.2, 0.25) is 0 Å². The average molecular weight is 184 g/mol. The Bertz CT molecular complexity index is 61.1. The van der Waals surface area contributed by atoms with Crippen LogP contribution in [-0.2, 0) is 4.57 Å². The van der Waals surface area contributed by atoms with E-state index in [4.69, 9.17) is 0 Å². The van der Waals surface area contributed by atoms with E-state index >= 15 is 0 Å². The van der Waals surface area contributed by atoms with Gasteiger partial charge in [-0.15, -0.1) is 0 Å². The van der Waals surface area contributed by atoms with Gasteiger partial charge in [-0.25, -0.2) is 0 Å². The lowest BCUT2D eigenvalue weighted by Gasteiger charge is -1.74. The fraction of sp³-hybridized carbons (Fsp3) is 1.00. The largest absolute Gasteiger partial charge is 0.339 e. The van der Waals surface area contributed by atoms with E-state index in [1.807, 2.05) is 0 Å². The molecular formula is CH5Cl3NOP. The molecule has 0 fully saturated rings. The Labute approximate surface area is 56.7 Å². The van der Waals surface area contributed by atoms with Crippen molar-refractivity contribution in [3.8, 4) is 0 Å². The van der Waals surface area contributed by atoms with Crippen LogP contribution in [0.3, 0.4) is 0 Å². The summed E-state index contributed by atoms with van der Waals surface area (Å²) >= 11 is 13.8. The maximum absolute atomic E-state index is 9.51. The molecule has 0 spiro atoms. The van der Waals surface area contributed by atoms with Crippen molar-refractivity contribution in [2.75, 3.05) is 7.05 Å². The summed E-state index contributed by atoms with van der Waals surface area (Å²) in [4.78, 5) is 0. The maximum atomic E-state index is 9.51. The maximum Gasteiger partial charge on any atom is 0.339 e. The molecule has 0 bridgehead atoms. The predicted octanol–water partition coefficient (Wildman–Crippen LogP) is 2.39. The molecule has 0 aromatic rings. The second kappa shape index (κ2) is 5.20. The predicted molar refractivity (Wildman–Crippen MR) is 35.3 cm³/mol. The molecule has 2 nitrogen and oxygen atoms in total. The first-order chi connectivity index (χ1) is 3.00. The number of halogens is 3. The van der Waals surface area contributed by atoms with E-state index in [-0.39, 0.29) is 0 Å². The zero-order valence-corrected chi connectivity index (χ0v) is 6.73. The number of nitrogens with two attached hydrogens (primary N) is 1. The lowest BCUT2D eigenvalue weighted by molar-refractivity contribution is 0.600. The standard InChI is InChI=1S/CH5N.Cl3OP/c1-2;1-5(2,3)4/h2H2,1H3;. The minimum Gasteiger partial charge on any atom is -0.333 e. The summed E-state index contributed by atoms with van der Waals surface area (Å²) in [5, 5.41) is -3.22. The van der Waals surface area contributed by atoms with Crippen molar-refractivity contribution in [1.29, 1.82) is 0 Å². The monoisotopic (exact) mass is 183 g/mol. The summed E-state index contributed by atoms with van der Waals surface area (Å²) in [5.41, 5.74) is 4.50. The molecule has 0 radical (unpaired) electrons. The van der Waals surface area contributed by atoms with Gasteiger partial charge in [0.1, 0.15) is 0 Å². The third kappa shape index (κ3) is 161. The fourth-order valence-electron chi connectivity index (χ4n) is 0. The van der Waals surface area contributed by atoms with Crippen molar-refractivity contribution in [3.05, 3.63) is 0 Å². The lowest BCUT2D eigenvalue weighted by Crippen LogP contribution is -1.69. The number of rotatable bonds is 0. The van der Waals surface area contributed by atoms with E-state index in [0.29, 0.717) is 0 Å². The van der Waals surface area contributed by atoms with Gasteiger partial charge < -0.3 is 5.73 Å². The molecule has 2 N–H and O–H groups in total. The van der Waals surface area contributed by atoms with E-state index in [1.165, 1.54) is 7.05 Å². The SMILES string of the molecule is CN.O=P(Cl)(Cl)Cl. The molecule has 0 aromatic carbocycles. The molecule has 0 rings (SSSR count). The Morgan fingerprint density at radius 3 is 1.29 bits per heavy atom. The molecule has 0 unspecified atom stereocenters. The summed E-state index contributed by atoms with van der Waals surface area (Å²) in [6.45, 7) is 0. The van der Waals surface area contributed by atoms with Crippen LogP contribution in [0, 0.1) is 0 Å². The van der Waals surface area contributed by atoms with Crippen LogP contribution in [0.25, 0.3) is 0 Å². The van der Waals surface area contributed by atoms with Crippen LogP contribution in [0.4, 0.5) is 0 Å². The molecule has 6 heteroatoms. The van der Waals surface area contributed by atoms with Crippen LogP contribution in [0.15, 0.2) is 0 Å². The lowest BCUT2D eigenvalue weighted by atomic mass is 11.6. The van der Waals surface area contributed by atoms with Gasteiger partial charge in [0.15, 0.2) is 0 Å². The molecule has 0 aliphatic carbocycles. The summed E-state index contributed by atoms with van der Waals surface area (Å²) in [5.74, 6) is 0. The molecule has 0 atom stereocenters. The van der Waals surface area contributed by atoms with Crippen molar-refractivity contribution in [2.24, 2.45) is 5.73 Å². The summed E-state index contributed by atoms with van der Waals surface area (Å²) in [6, 6.07) is 0. The Morgan fingerprint density at radius 1 is 1.29 bits per heavy atom. The van der Waals surface area contributed by atoms with E-state index in [2.05, 4.69) is 39.5 Å². The van der Waals surface area contributed by atoms with Gasteiger partial charge in [-0.1, -0.05) is 0 Å². The van der Waals surface area contributed by atoms with Gasteiger partial charge in [0.05, 0.1) is 0 Å². The molecular weight excluding hydrogens is 179 g/mol. The van der Waals surface area contributed by atoms with Crippen molar-refractivity contribution < 1.29 is 4.57 Å². The van der Waals surface area contributed by atoms with Crippen molar-refractivity contribution in [2.45, 2.75) is 0 Å². The first kappa shape index (κ1) is 10.9. The molecule has 0 aromatic heterocycles. The first-order valence-electron chi connectivity index (χ1n) is 1.27. The third-order valence-electron chi connectivity index (χ3n) is 0. The second-order valence-corrected chi connectivity index (χ2v) is 7.04. The van der Waals surface area contributed by atoms with Gasteiger partial charge in [-0.3, -0.25) is 4.57 Å².